The van der Waals surface area contributed by atoms with Crippen molar-refractivity contribution in [2.75, 3.05) is 17.9 Å². The average molecular weight is 387 g/mol. The molecule has 2 aromatic rings. The van der Waals surface area contributed by atoms with Gasteiger partial charge in [-0.05, 0) is 49.6 Å². The van der Waals surface area contributed by atoms with Crippen molar-refractivity contribution in [3.63, 3.8) is 0 Å². The van der Waals surface area contributed by atoms with Gasteiger partial charge < -0.3 is 9.64 Å². The number of aromatic nitrogens is 1. The Labute approximate surface area is 158 Å². The van der Waals surface area contributed by atoms with Crippen molar-refractivity contribution in [2.24, 2.45) is 0 Å². The zero-order valence-corrected chi connectivity index (χ0v) is 15.6. The number of hydrogen-bond acceptors (Lipinski definition) is 5. The maximum Gasteiger partial charge on any atom is 0.263 e. The minimum absolute atomic E-state index is 0.0652. The Morgan fingerprint density at radius 2 is 2.07 bits per heavy atom. The third kappa shape index (κ3) is 3.62. The predicted octanol–water partition coefficient (Wildman–Crippen LogP) is 2.66. The average Bonchev–Trinajstić information content (AvgIpc) is 2.68. The molecular weight excluding hydrogens is 366 g/mol. The van der Waals surface area contributed by atoms with E-state index in [1.54, 1.807) is 24.3 Å². The van der Waals surface area contributed by atoms with Gasteiger partial charge in [-0.2, -0.15) is 0 Å². The van der Waals surface area contributed by atoms with E-state index < -0.39 is 10.0 Å². The largest absolute Gasteiger partial charge is 0.493 e. The molecular formula is C19H21N3O4S. The van der Waals surface area contributed by atoms with E-state index in [2.05, 4.69) is 9.71 Å². The van der Waals surface area contributed by atoms with Crippen LogP contribution in [0.2, 0.25) is 0 Å². The minimum atomic E-state index is -3.78. The molecule has 0 bridgehead atoms. The van der Waals surface area contributed by atoms with Crippen LogP contribution in [0, 0.1) is 0 Å². The molecule has 1 aromatic heterocycles. The van der Waals surface area contributed by atoms with Crippen LogP contribution in [0.1, 0.15) is 36.0 Å². The number of fused-ring (bicyclic) bond motifs is 2. The van der Waals surface area contributed by atoms with Crippen LogP contribution < -0.4 is 9.46 Å². The van der Waals surface area contributed by atoms with Gasteiger partial charge >= 0.3 is 0 Å². The van der Waals surface area contributed by atoms with E-state index >= 15 is 0 Å². The fourth-order valence-electron chi connectivity index (χ4n) is 3.63. The standard InChI is InChI=1S/C19H21N3O4S/c23-19-17-12-14(21-27(24,25)16-5-3-9-20-13-16)6-7-18(17)26-11-8-15-4-1-2-10-22(15)19/h3,5-7,9,12-13,15,21H,1-2,4,8,10-11H2/t15-/m1/s1. The second kappa shape index (κ2) is 7.19. The number of carbonyl (C=O) groups excluding carboxylic acids is 1. The predicted molar refractivity (Wildman–Crippen MR) is 100 cm³/mol. The molecule has 7 nitrogen and oxygen atoms in total. The number of nitrogens with one attached hydrogen (secondary N) is 1. The number of rotatable bonds is 3. The first kappa shape index (κ1) is 17.8. The highest BCUT2D eigenvalue weighted by molar-refractivity contribution is 7.92. The molecule has 0 spiro atoms. The number of amides is 1. The Bertz CT molecular complexity index is 947. The molecule has 3 heterocycles. The second-order valence-corrected chi connectivity index (χ2v) is 8.47. The third-order valence-electron chi connectivity index (χ3n) is 5.00. The van der Waals surface area contributed by atoms with Crippen molar-refractivity contribution in [3.05, 3.63) is 48.3 Å². The Morgan fingerprint density at radius 1 is 1.19 bits per heavy atom. The molecule has 8 heteroatoms. The molecule has 2 aliphatic rings. The summed E-state index contributed by atoms with van der Waals surface area (Å²) in [7, 11) is -3.78. The fraction of sp³-hybridized carbons (Fsp3) is 0.368. The topological polar surface area (TPSA) is 88.6 Å². The van der Waals surface area contributed by atoms with E-state index in [1.165, 1.54) is 18.5 Å². The fourth-order valence-corrected chi connectivity index (χ4v) is 4.65. The van der Waals surface area contributed by atoms with Gasteiger partial charge in [0.25, 0.3) is 15.9 Å². The van der Waals surface area contributed by atoms with E-state index in [-0.39, 0.29) is 16.8 Å². The molecule has 1 atom stereocenters. The van der Waals surface area contributed by atoms with Crippen LogP contribution in [0.15, 0.2) is 47.6 Å². The summed E-state index contributed by atoms with van der Waals surface area (Å²) in [5, 5.41) is 0. The molecule has 0 aliphatic carbocycles. The number of nitrogens with zero attached hydrogens (tertiary/aromatic N) is 2. The first-order valence-corrected chi connectivity index (χ1v) is 10.5. The lowest BCUT2D eigenvalue weighted by molar-refractivity contribution is 0.0548. The Morgan fingerprint density at radius 3 is 2.89 bits per heavy atom. The summed E-state index contributed by atoms with van der Waals surface area (Å²) >= 11 is 0. The maximum absolute atomic E-state index is 13.1. The number of ether oxygens (including phenoxy) is 1. The van der Waals surface area contributed by atoms with Crippen molar-refractivity contribution in [3.8, 4) is 5.75 Å². The molecule has 1 aromatic carbocycles. The SMILES string of the molecule is O=C1c2cc(NS(=O)(=O)c3cccnc3)ccc2OCC[C@H]2CCCCN12. The lowest BCUT2D eigenvalue weighted by Crippen LogP contribution is -2.45. The smallest absolute Gasteiger partial charge is 0.263 e. The van der Waals surface area contributed by atoms with Crippen molar-refractivity contribution < 1.29 is 17.9 Å². The van der Waals surface area contributed by atoms with E-state index in [9.17, 15) is 13.2 Å². The monoisotopic (exact) mass is 387 g/mol. The number of carbonyl (C=O) groups is 1. The summed E-state index contributed by atoms with van der Waals surface area (Å²) in [6, 6.07) is 8.03. The highest BCUT2D eigenvalue weighted by Gasteiger charge is 2.31. The van der Waals surface area contributed by atoms with Gasteiger partial charge in [0.05, 0.1) is 12.2 Å². The van der Waals surface area contributed by atoms with Crippen LogP contribution in [0.3, 0.4) is 0 Å². The molecule has 27 heavy (non-hydrogen) atoms. The minimum Gasteiger partial charge on any atom is -0.493 e. The van der Waals surface area contributed by atoms with Crippen LogP contribution in [0.5, 0.6) is 5.75 Å². The van der Waals surface area contributed by atoms with Gasteiger partial charge in [-0.1, -0.05) is 0 Å². The zero-order chi connectivity index (χ0) is 18.9. The van der Waals surface area contributed by atoms with E-state index in [4.69, 9.17) is 4.74 Å². The van der Waals surface area contributed by atoms with Crippen LogP contribution in [0.4, 0.5) is 5.69 Å². The zero-order valence-electron chi connectivity index (χ0n) is 14.8. The highest BCUT2D eigenvalue weighted by atomic mass is 32.2. The summed E-state index contributed by atoms with van der Waals surface area (Å²) in [5.41, 5.74) is 0.719. The number of pyridine rings is 1. The van der Waals surface area contributed by atoms with Gasteiger partial charge in [0.1, 0.15) is 10.6 Å². The molecule has 0 unspecified atom stereocenters. The third-order valence-corrected chi connectivity index (χ3v) is 6.37. The maximum atomic E-state index is 13.1. The van der Waals surface area contributed by atoms with Crippen molar-refractivity contribution in [2.45, 2.75) is 36.6 Å². The molecule has 1 N–H and O–H groups in total. The number of hydrogen-bond donors (Lipinski definition) is 1. The van der Waals surface area contributed by atoms with E-state index in [0.29, 0.717) is 23.6 Å². The first-order chi connectivity index (χ1) is 13.0. The lowest BCUT2D eigenvalue weighted by atomic mass is 9.97. The van der Waals surface area contributed by atoms with Crippen LogP contribution in [-0.2, 0) is 10.0 Å². The molecule has 1 amide bonds. The van der Waals surface area contributed by atoms with E-state index in [0.717, 1.165) is 32.2 Å². The summed E-state index contributed by atoms with van der Waals surface area (Å²) < 4.78 is 33.4. The lowest BCUT2D eigenvalue weighted by Gasteiger charge is -2.37. The Kier molecular flexibility index (Phi) is 4.73. The van der Waals surface area contributed by atoms with Gasteiger partial charge in [-0.15, -0.1) is 0 Å². The molecule has 0 saturated carbocycles. The molecule has 2 aliphatic heterocycles. The van der Waals surface area contributed by atoms with Crippen molar-refractivity contribution in [1.29, 1.82) is 0 Å². The van der Waals surface area contributed by atoms with Gasteiger partial charge in [0.2, 0.25) is 0 Å². The van der Waals surface area contributed by atoms with Crippen LogP contribution in [-0.4, -0.2) is 43.4 Å². The number of piperidine rings is 1. The quantitative estimate of drug-likeness (QED) is 0.875. The Balaban J connectivity index is 1.65. The van der Waals surface area contributed by atoms with E-state index in [1.807, 2.05) is 4.90 Å². The van der Waals surface area contributed by atoms with Crippen molar-refractivity contribution >= 4 is 21.6 Å². The summed E-state index contributed by atoms with van der Waals surface area (Å²) in [5.74, 6) is 0.394. The second-order valence-electron chi connectivity index (χ2n) is 6.79. The number of sulfonamides is 1. The molecule has 1 fully saturated rings. The molecule has 1 saturated heterocycles. The van der Waals surface area contributed by atoms with Gasteiger partial charge in [0.15, 0.2) is 0 Å². The molecule has 4 rings (SSSR count). The van der Waals surface area contributed by atoms with Crippen LogP contribution >= 0.6 is 0 Å². The highest BCUT2D eigenvalue weighted by Crippen LogP contribution is 2.31. The van der Waals surface area contributed by atoms with Gasteiger partial charge in [-0.25, -0.2) is 8.42 Å². The first-order valence-electron chi connectivity index (χ1n) is 9.05. The van der Waals surface area contributed by atoms with Crippen molar-refractivity contribution in [1.82, 2.24) is 9.88 Å². The number of benzene rings is 1. The molecule has 142 valence electrons. The van der Waals surface area contributed by atoms with Crippen LogP contribution in [0.25, 0.3) is 0 Å². The summed E-state index contributed by atoms with van der Waals surface area (Å²) in [6.45, 7) is 1.27. The van der Waals surface area contributed by atoms with Gasteiger partial charge in [0, 0.05) is 37.1 Å². The normalized spacial score (nSPS) is 19.9. The summed E-state index contributed by atoms with van der Waals surface area (Å²) in [4.78, 5) is 18.9. The Hall–Kier alpha value is -2.61. The molecule has 0 radical (unpaired) electrons. The number of anilines is 1. The van der Waals surface area contributed by atoms with Gasteiger partial charge in [-0.3, -0.25) is 14.5 Å². The summed E-state index contributed by atoms with van der Waals surface area (Å²) in [6.07, 6.45) is 6.70.